The molecule has 2 unspecified atom stereocenters. The fraction of sp³-hybridized carbons (Fsp3) is 0.364. The minimum Gasteiger partial charge on any atom is -0.457 e. The average Bonchev–Trinajstić information content (AvgIpc) is 3.51. The van der Waals surface area contributed by atoms with Crippen LogP contribution >= 0.6 is 0 Å². The van der Waals surface area contributed by atoms with Crippen molar-refractivity contribution in [1.82, 2.24) is 9.80 Å². The number of hydrogen-bond donors (Lipinski definition) is 1. The fourth-order valence-corrected chi connectivity index (χ4v) is 3.48. The molecule has 0 aromatic heterocycles. The van der Waals surface area contributed by atoms with Gasteiger partial charge in [-0.25, -0.2) is 0 Å². The van der Waals surface area contributed by atoms with Crippen LogP contribution in [0, 0.1) is 11.8 Å². The average molecular weight is 379 g/mol. The van der Waals surface area contributed by atoms with Crippen LogP contribution in [0.15, 0.2) is 54.6 Å². The largest absolute Gasteiger partial charge is 0.457 e. The lowest BCUT2D eigenvalue weighted by Gasteiger charge is -2.32. The van der Waals surface area contributed by atoms with Crippen molar-refractivity contribution >= 4 is 17.5 Å². The Hall–Kier alpha value is -2.86. The number of rotatable bonds is 5. The highest BCUT2D eigenvalue weighted by atomic mass is 16.5. The van der Waals surface area contributed by atoms with Crippen LogP contribution in [-0.4, -0.2) is 54.8 Å². The molecule has 1 heterocycles. The maximum atomic E-state index is 12.6. The van der Waals surface area contributed by atoms with E-state index in [2.05, 4.69) is 17.3 Å². The number of nitrogens with zero attached hydrogens (tertiary/aromatic N) is 2. The summed E-state index contributed by atoms with van der Waals surface area (Å²) in [6.07, 6.45) is 0.645. The summed E-state index contributed by atoms with van der Waals surface area (Å²) >= 11 is 0. The predicted molar refractivity (Wildman–Crippen MR) is 107 cm³/mol. The van der Waals surface area contributed by atoms with Crippen molar-refractivity contribution in [2.24, 2.45) is 11.8 Å². The number of anilines is 1. The van der Waals surface area contributed by atoms with E-state index < -0.39 is 0 Å². The number of benzene rings is 2. The van der Waals surface area contributed by atoms with E-state index in [0.29, 0.717) is 17.9 Å². The Morgan fingerprint density at radius 3 is 2.21 bits per heavy atom. The van der Waals surface area contributed by atoms with Crippen molar-refractivity contribution in [3.8, 4) is 11.5 Å². The van der Waals surface area contributed by atoms with Gasteiger partial charge in [0.25, 0.3) is 0 Å². The Balaban J connectivity index is 1.28. The van der Waals surface area contributed by atoms with Crippen LogP contribution in [0.25, 0.3) is 0 Å². The lowest BCUT2D eigenvalue weighted by Crippen LogP contribution is -2.48. The molecule has 4 rings (SSSR count). The Labute approximate surface area is 165 Å². The van der Waals surface area contributed by atoms with Gasteiger partial charge in [0, 0.05) is 31.9 Å². The van der Waals surface area contributed by atoms with E-state index in [1.165, 1.54) is 0 Å². The first-order valence-electron chi connectivity index (χ1n) is 9.71. The summed E-state index contributed by atoms with van der Waals surface area (Å²) in [5.41, 5.74) is 0.711. The van der Waals surface area contributed by atoms with Crippen molar-refractivity contribution in [2.45, 2.75) is 6.42 Å². The van der Waals surface area contributed by atoms with Crippen LogP contribution in [0.4, 0.5) is 5.69 Å². The quantitative estimate of drug-likeness (QED) is 0.868. The smallest absolute Gasteiger partial charge is 0.228 e. The molecule has 146 valence electrons. The monoisotopic (exact) mass is 379 g/mol. The van der Waals surface area contributed by atoms with Crippen LogP contribution in [0.1, 0.15) is 6.42 Å². The first-order chi connectivity index (χ1) is 13.6. The molecule has 0 spiro atoms. The number of nitrogens with one attached hydrogen (secondary N) is 1. The van der Waals surface area contributed by atoms with Gasteiger partial charge in [-0.05, 0) is 49.9 Å². The molecule has 6 heteroatoms. The molecular formula is C22H25N3O3. The SMILES string of the molecule is CN1CCN(C(=O)C2CC2C(=O)Nc2ccc(Oc3ccccc3)cc2)CC1. The van der Waals surface area contributed by atoms with Gasteiger partial charge in [-0.1, -0.05) is 18.2 Å². The number of piperazine rings is 1. The van der Waals surface area contributed by atoms with Crippen molar-refractivity contribution in [1.29, 1.82) is 0 Å². The number of ether oxygens (including phenoxy) is 1. The van der Waals surface area contributed by atoms with Gasteiger partial charge in [0.1, 0.15) is 11.5 Å². The third-order valence-corrected chi connectivity index (χ3v) is 5.36. The second kappa shape index (κ2) is 8.02. The number of amides is 2. The van der Waals surface area contributed by atoms with Crippen LogP contribution in [0.5, 0.6) is 11.5 Å². The Kier molecular flexibility index (Phi) is 5.30. The van der Waals surface area contributed by atoms with Crippen LogP contribution < -0.4 is 10.1 Å². The molecule has 1 saturated heterocycles. The summed E-state index contributed by atoms with van der Waals surface area (Å²) in [5.74, 6) is 1.14. The maximum Gasteiger partial charge on any atom is 0.228 e. The molecule has 28 heavy (non-hydrogen) atoms. The van der Waals surface area contributed by atoms with Gasteiger partial charge in [0.2, 0.25) is 11.8 Å². The Morgan fingerprint density at radius 1 is 0.893 bits per heavy atom. The first kappa shape index (κ1) is 18.5. The van der Waals surface area contributed by atoms with Gasteiger partial charge in [-0.2, -0.15) is 0 Å². The molecule has 2 fully saturated rings. The summed E-state index contributed by atoms with van der Waals surface area (Å²) in [6.45, 7) is 3.30. The summed E-state index contributed by atoms with van der Waals surface area (Å²) in [6, 6.07) is 16.8. The van der Waals surface area contributed by atoms with Crippen molar-refractivity contribution in [3.05, 3.63) is 54.6 Å². The summed E-state index contributed by atoms with van der Waals surface area (Å²) < 4.78 is 5.76. The Morgan fingerprint density at radius 2 is 1.54 bits per heavy atom. The highest BCUT2D eigenvalue weighted by Gasteiger charge is 2.49. The van der Waals surface area contributed by atoms with E-state index in [1.807, 2.05) is 59.5 Å². The highest BCUT2D eigenvalue weighted by molar-refractivity contribution is 5.99. The zero-order chi connectivity index (χ0) is 19.5. The van der Waals surface area contributed by atoms with Crippen molar-refractivity contribution in [3.63, 3.8) is 0 Å². The number of hydrogen-bond acceptors (Lipinski definition) is 4. The standard InChI is InChI=1S/C22H25N3O3/c1-24-11-13-25(14-12-24)22(27)20-15-19(20)21(26)23-16-7-9-18(10-8-16)28-17-5-3-2-4-6-17/h2-10,19-20H,11-15H2,1H3,(H,23,26). The normalized spacial score (nSPS) is 21.8. The van der Waals surface area contributed by atoms with E-state index in [-0.39, 0.29) is 23.7 Å². The molecule has 1 N–H and O–H groups in total. The molecule has 0 radical (unpaired) electrons. The number of carbonyl (C=O) groups excluding carboxylic acids is 2. The molecule has 0 bridgehead atoms. The molecule has 2 aromatic rings. The number of para-hydroxylation sites is 1. The van der Waals surface area contributed by atoms with Gasteiger partial charge < -0.3 is 19.9 Å². The Bertz CT molecular complexity index is 830. The number of likely N-dealkylation sites (N-methyl/N-ethyl adjacent to an activating group) is 1. The topological polar surface area (TPSA) is 61.9 Å². The van der Waals surface area contributed by atoms with Crippen LogP contribution in [0.3, 0.4) is 0 Å². The zero-order valence-electron chi connectivity index (χ0n) is 16.0. The lowest BCUT2D eigenvalue weighted by molar-refractivity contribution is -0.135. The summed E-state index contributed by atoms with van der Waals surface area (Å²) in [7, 11) is 2.06. The highest BCUT2D eigenvalue weighted by Crippen LogP contribution is 2.41. The molecule has 2 atom stereocenters. The molecule has 1 aliphatic carbocycles. The molecule has 2 aromatic carbocycles. The van der Waals surface area contributed by atoms with Gasteiger partial charge in [-0.3, -0.25) is 9.59 Å². The van der Waals surface area contributed by atoms with Crippen molar-refractivity contribution in [2.75, 3.05) is 38.5 Å². The first-order valence-corrected chi connectivity index (χ1v) is 9.71. The van der Waals surface area contributed by atoms with Gasteiger partial charge in [0.15, 0.2) is 0 Å². The summed E-state index contributed by atoms with van der Waals surface area (Å²) in [4.78, 5) is 29.2. The minimum atomic E-state index is -0.215. The lowest BCUT2D eigenvalue weighted by atomic mass is 10.2. The molecule has 1 saturated carbocycles. The number of carbonyl (C=O) groups is 2. The third kappa shape index (κ3) is 4.34. The van der Waals surface area contributed by atoms with E-state index in [1.54, 1.807) is 0 Å². The molecule has 2 amide bonds. The van der Waals surface area contributed by atoms with Crippen LogP contribution in [-0.2, 0) is 9.59 Å². The second-order valence-corrected chi connectivity index (χ2v) is 7.51. The molecular weight excluding hydrogens is 354 g/mol. The second-order valence-electron chi connectivity index (χ2n) is 7.51. The predicted octanol–water partition coefficient (Wildman–Crippen LogP) is 2.83. The van der Waals surface area contributed by atoms with Crippen molar-refractivity contribution < 1.29 is 14.3 Å². The fourth-order valence-electron chi connectivity index (χ4n) is 3.48. The van der Waals surface area contributed by atoms with Gasteiger partial charge in [-0.15, -0.1) is 0 Å². The third-order valence-electron chi connectivity index (χ3n) is 5.36. The van der Waals surface area contributed by atoms with E-state index in [9.17, 15) is 9.59 Å². The van der Waals surface area contributed by atoms with Gasteiger partial charge >= 0.3 is 0 Å². The van der Waals surface area contributed by atoms with Gasteiger partial charge in [0.05, 0.1) is 11.8 Å². The van der Waals surface area contributed by atoms with Crippen LogP contribution in [0.2, 0.25) is 0 Å². The molecule has 1 aliphatic heterocycles. The maximum absolute atomic E-state index is 12.6. The van der Waals surface area contributed by atoms with E-state index >= 15 is 0 Å². The molecule has 2 aliphatic rings. The van der Waals surface area contributed by atoms with E-state index in [0.717, 1.165) is 31.9 Å². The minimum absolute atomic E-state index is 0.0794. The molecule has 6 nitrogen and oxygen atoms in total. The van der Waals surface area contributed by atoms with E-state index in [4.69, 9.17) is 4.74 Å². The summed E-state index contributed by atoms with van der Waals surface area (Å²) in [5, 5.41) is 2.92. The zero-order valence-corrected chi connectivity index (χ0v) is 16.0.